The van der Waals surface area contributed by atoms with Crippen LogP contribution in [0.4, 0.5) is 11.4 Å². The smallest absolute Gasteiger partial charge is 0.193 e. The average molecular weight is 531 g/mol. The molecule has 0 aromatic heterocycles. The number of azo groups is 1. The van der Waals surface area contributed by atoms with Crippen LogP contribution in [0.15, 0.2) is 40.0 Å². The van der Waals surface area contributed by atoms with Crippen molar-refractivity contribution in [2.75, 3.05) is 64.7 Å². The summed E-state index contributed by atoms with van der Waals surface area (Å²) < 4.78 is 10.5. The number of ether oxygens (including phenoxy) is 2. The van der Waals surface area contributed by atoms with E-state index >= 15 is 0 Å². The standard InChI is InChI=1S/C23H38N4O8S/c1-16-7-17(3-4-22(16)24-25-23-26(2)5-6-36-23)27(8-18(30)12-34-14-20(32)10-28)9-19(31)13-35-15-21(33)11-29/h3-7,18-21,23,28-33H,8-15H2,1-2H3. The summed E-state index contributed by atoms with van der Waals surface area (Å²) in [7, 11) is 1.92. The summed E-state index contributed by atoms with van der Waals surface area (Å²) >= 11 is 1.55. The molecule has 13 heteroatoms. The van der Waals surface area contributed by atoms with Crippen molar-refractivity contribution < 1.29 is 40.1 Å². The zero-order valence-electron chi connectivity index (χ0n) is 20.6. The summed E-state index contributed by atoms with van der Waals surface area (Å²) in [4.78, 5) is 3.72. The molecule has 1 aromatic rings. The van der Waals surface area contributed by atoms with Gasteiger partial charge in [-0.2, -0.15) is 10.2 Å². The maximum atomic E-state index is 10.5. The fourth-order valence-corrected chi connectivity index (χ4v) is 3.99. The second kappa shape index (κ2) is 16.1. The lowest BCUT2D eigenvalue weighted by atomic mass is 10.1. The Labute approximate surface area is 215 Å². The van der Waals surface area contributed by atoms with Crippen LogP contribution >= 0.6 is 11.8 Å². The van der Waals surface area contributed by atoms with Gasteiger partial charge >= 0.3 is 0 Å². The molecule has 36 heavy (non-hydrogen) atoms. The van der Waals surface area contributed by atoms with Crippen LogP contribution in [0.1, 0.15) is 5.56 Å². The van der Waals surface area contributed by atoms with Crippen molar-refractivity contribution in [2.24, 2.45) is 10.2 Å². The number of aliphatic hydroxyl groups excluding tert-OH is 6. The van der Waals surface area contributed by atoms with E-state index in [4.69, 9.17) is 19.7 Å². The maximum absolute atomic E-state index is 10.5. The second-order valence-corrected chi connectivity index (χ2v) is 9.53. The quantitative estimate of drug-likeness (QED) is 0.147. The molecule has 5 unspecified atom stereocenters. The summed E-state index contributed by atoms with van der Waals surface area (Å²) in [6.07, 6.45) is -2.00. The van der Waals surface area contributed by atoms with Crippen molar-refractivity contribution in [1.29, 1.82) is 0 Å². The van der Waals surface area contributed by atoms with Gasteiger partial charge in [-0.05, 0) is 36.1 Å². The van der Waals surface area contributed by atoms with Gasteiger partial charge in [-0.15, -0.1) is 0 Å². The fraction of sp³-hybridized carbons (Fsp3) is 0.652. The molecule has 1 aromatic carbocycles. The highest BCUT2D eigenvalue weighted by Gasteiger charge is 2.19. The van der Waals surface area contributed by atoms with E-state index in [0.29, 0.717) is 5.69 Å². The van der Waals surface area contributed by atoms with E-state index in [-0.39, 0.29) is 45.0 Å². The topological polar surface area (TPSA) is 171 Å². The molecule has 0 radical (unpaired) electrons. The number of anilines is 1. The van der Waals surface area contributed by atoms with Crippen LogP contribution in [0.3, 0.4) is 0 Å². The van der Waals surface area contributed by atoms with E-state index in [1.165, 1.54) is 0 Å². The minimum absolute atomic E-state index is 0.0747. The molecule has 12 nitrogen and oxygen atoms in total. The van der Waals surface area contributed by atoms with Crippen molar-refractivity contribution in [3.05, 3.63) is 35.4 Å². The highest BCUT2D eigenvalue weighted by atomic mass is 32.2. The molecule has 204 valence electrons. The highest BCUT2D eigenvalue weighted by molar-refractivity contribution is 8.02. The van der Waals surface area contributed by atoms with Crippen LogP contribution in [0, 0.1) is 6.92 Å². The van der Waals surface area contributed by atoms with Gasteiger partial charge in [-0.3, -0.25) is 0 Å². The average Bonchev–Trinajstić information content (AvgIpc) is 3.26. The van der Waals surface area contributed by atoms with E-state index in [1.54, 1.807) is 16.7 Å². The van der Waals surface area contributed by atoms with Crippen molar-refractivity contribution in [2.45, 2.75) is 36.8 Å². The molecule has 5 atom stereocenters. The molecule has 1 aliphatic heterocycles. The predicted octanol–water partition coefficient (Wildman–Crippen LogP) is -0.220. The first-order valence-corrected chi connectivity index (χ1v) is 12.6. The molecule has 2 rings (SSSR count). The Morgan fingerprint density at radius 2 is 1.50 bits per heavy atom. The third-order valence-corrected chi connectivity index (χ3v) is 6.13. The Bertz CT molecular complexity index is 809. The van der Waals surface area contributed by atoms with E-state index in [9.17, 15) is 20.4 Å². The number of benzene rings is 1. The van der Waals surface area contributed by atoms with Crippen molar-refractivity contribution >= 4 is 23.1 Å². The van der Waals surface area contributed by atoms with Gasteiger partial charge < -0.3 is 49.9 Å². The van der Waals surface area contributed by atoms with Gasteiger partial charge in [-0.1, -0.05) is 11.8 Å². The largest absolute Gasteiger partial charge is 0.394 e. The lowest BCUT2D eigenvalue weighted by molar-refractivity contribution is -0.0268. The van der Waals surface area contributed by atoms with Gasteiger partial charge in [0.15, 0.2) is 5.50 Å². The van der Waals surface area contributed by atoms with Crippen molar-refractivity contribution in [3.63, 3.8) is 0 Å². The molecule has 0 bridgehead atoms. The number of aliphatic hydroxyl groups is 6. The molecular formula is C23H38N4O8S. The van der Waals surface area contributed by atoms with E-state index < -0.39 is 37.6 Å². The third-order valence-electron chi connectivity index (χ3n) is 5.18. The molecule has 6 N–H and O–H groups in total. The molecular weight excluding hydrogens is 492 g/mol. The number of thioether (sulfide) groups is 1. The molecule has 0 aliphatic carbocycles. The summed E-state index contributed by atoms with van der Waals surface area (Å²) in [5.74, 6) is 0. The van der Waals surface area contributed by atoms with Crippen LogP contribution in [0.2, 0.25) is 0 Å². The van der Waals surface area contributed by atoms with Crippen LogP contribution in [-0.4, -0.2) is 125 Å². The van der Waals surface area contributed by atoms with E-state index in [1.807, 2.05) is 48.7 Å². The highest BCUT2D eigenvalue weighted by Crippen LogP contribution is 2.29. The lowest BCUT2D eigenvalue weighted by Gasteiger charge is -2.30. The van der Waals surface area contributed by atoms with Crippen molar-refractivity contribution in [3.8, 4) is 0 Å². The van der Waals surface area contributed by atoms with E-state index in [0.717, 1.165) is 11.3 Å². The summed E-state index contributed by atoms with van der Waals surface area (Å²) in [5.41, 5.74) is 2.17. The van der Waals surface area contributed by atoms with Crippen LogP contribution in [-0.2, 0) is 9.47 Å². The van der Waals surface area contributed by atoms with Gasteiger partial charge in [0, 0.05) is 32.0 Å². The zero-order chi connectivity index (χ0) is 26.5. The monoisotopic (exact) mass is 530 g/mol. The molecule has 0 amide bonds. The van der Waals surface area contributed by atoms with Crippen LogP contribution in [0.5, 0.6) is 0 Å². The van der Waals surface area contributed by atoms with E-state index in [2.05, 4.69) is 10.2 Å². The third kappa shape index (κ3) is 10.7. The Morgan fingerprint density at radius 1 is 0.944 bits per heavy atom. The first-order valence-electron chi connectivity index (χ1n) is 11.6. The first kappa shape index (κ1) is 30.4. The number of rotatable bonds is 17. The number of nitrogens with zero attached hydrogens (tertiary/aromatic N) is 4. The van der Waals surface area contributed by atoms with Gasteiger partial charge in [0.25, 0.3) is 0 Å². The molecule has 1 heterocycles. The molecule has 0 saturated heterocycles. The lowest BCUT2D eigenvalue weighted by Crippen LogP contribution is -2.41. The Balaban J connectivity index is 2.06. The minimum Gasteiger partial charge on any atom is -0.394 e. The number of hydrogen-bond donors (Lipinski definition) is 6. The van der Waals surface area contributed by atoms with Gasteiger partial charge in [0.2, 0.25) is 0 Å². The van der Waals surface area contributed by atoms with Gasteiger partial charge in [0.1, 0.15) is 12.2 Å². The molecule has 0 fully saturated rings. The molecule has 0 saturated carbocycles. The van der Waals surface area contributed by atoms with Gasteiger partial charge in [-0.25, -0.2) is 0 Å². The Morgan fingerprint density at radius 3 is 1.97 bits per heavy atom. The number of aryl methyl sites for hydroxylation is 1. The van der Waals surface area contributed by atoms with Crippen molar-refractivity contribution in [1.82, 2.24) is 4.90 Å². The Kier molecular flexibility index (Phi) is 13.6. The zero-order valence-corrected chi connectivity index (χ0v) is 21.4. The fourth-order valence-electron chi connectivity index (χ4n) is 3.23. The van der Waals surface area contributed by atoms with Gasteiger partial charge in [0.05, 0.1) is 57.5 Å². The summed E-state index contributed by atoms with van der Waals surface area (Å²) in [6, 6.07) is 5.51. The molecule has 1 aliphatic rings. The normalized spacial score (nSPS) is 19.1. The minimum atomic E-state index is -1.02. The van der Waals surface area contributed by atoms with Crippen LogP contribution < -0.4 is 4.90 Å². The summed E-state index contributed by atoms with van der Waals surface area (Å²) in [5, 5.41) is 68.2. The predicted molar refractivity (Wildman–Crippen MR) is 136 cm³/mol. The molecule has 0 spiro atoms. The van der Waals surface area contributed by atoms with Crippen LogP contribution in [0.25, 0.3) is 0 Å². The summed E-state index contributed by atoms with van der Waals surface area (Å²) in [6.45, 7) is 0.875. The Hall–Kier alpha value is -1.81. The SMILES string of the molecule is Cc1cc(N(CC(O)COCC(O)CO)CC(O)COCC(O)CO)ccc1N=NC1SC=CN1C. The first-order chi connectivity index (χ1) is 17.2. The maximum Gasteiger partial charge on any atom is 0.193 e. The second-order valence-electron chi connectivity index (χ2n) is 8.56. The number of hydrogen-bond acceptors (Lipinski definition) is 13.